The van der Waals surface area contributed by atoms with Gasteiger partial charge in [-0.1, -0.05) is 36.4 Å². The molecule has 4 aromatic heterocycles. The summed E-state index contributed by atoms with van der Waals surface area (Å²) in [6.07, 6.45) is 3.58. The number of benzene rings is 1. The van der Waals surface area contributed by atoms with Crippen LogP contribution in [-0.4, -0.2) is 26.2 Å². The fraction of sp³-hybridized carbons (Fsp3) is 0.120. The van der Waals surface area contributed by atoms with Crippen molar-refractivity contribution in [2.24, 2.45) is 5.10 Å². The van der Waals surface area contributed by atoms with E-state index in [0.717, 1.165) is 21.0 Å². The number of hydrogen-bond donors (Lipinski definition) is 0. The van der Waals surface area contributed by atoms with E-state index in [1.54, 1.807) is 23.7 Å². The number of nitrogens with zero attached hydrogens (tertiary/aromatic N) is 4. The molecule has 5 aromatic rings. The fourth-order valence-electron chi connectivity index (χ4n) is 4.06. The van der Waals surface area contributed by atoms with Crippen molar-refractivity contribution >= 4 is 44.5 Å². The van der Waals surface area contributed by atoms with E-state index in [2.05, 4.69) is 10.1 Å². The normalized spacial score (nSPS) is 15.7. The molecule has 1 aliphatic heterocycles. The van der Waals surface area contributed by atoms with Crippen LogP contribution in [0.25, 0.3) is 20.7 Å². The number of hydrogen-bond acceptors (Lipinski definition) is 7. The monoisotopic (exact) mass is 486 g/mol. The second-order valence-electron chi connectivity index (χ2n) is 7.87. The van der Waals surface area contributed by atoms with Crippen molar-refractivity contribution in [3.8, 4) is 10.4 Å². The van der Waals surface area contributed by atoms with Crippen LogP contribution in [-0.2, 0) is 11.3 Å². The molecule has 0 bridgehead atoms. The first-order chi connectivity index (χ1) is 16.7. The molecule has 0 saturated heterocycles. The number of furan rings is 1. The highest BCUT2D eigenvalue weighted by Crippen LogP contribution is 2.34. The van der Waals surface area contributed by atoms with Gasteiger partial charge in [-0.2, -0.15) is 5.10 Å². The average molecular weight is 487 g/mol. The molecular formula is C25H18N4O3S2. The highest BCUT2D eigenvalue weighted by Gasteiger charge is 2.35. The highest BCUT2D eigenvalue weighted by molar-refractivity contribution is 7.22. The van der Waals surface area contributed by atoms with Crippen molar-refractivity contribution in [3.63, 3.8) is 0 Å². The molecule has 0 spiro atoms. The third-order valence-electron chi connectivity index (χ3n) is 5.71. The zero-order valence-corrected chi connectivity index (χ0v) is 19.5. The van der Waals surface area contributed by atoms with E-state index in [9.17, 15) is 9.59 Å². The molecule has 0 saturated carbocycles. The Balaban J connectivity index is 1.32. The standard InChI is InChI=1S/C25H18N4O3S2/c30-23(29-19(20-8-4-10-32-20)12-17(27-29)21-9-5-11-33-21)14-28-15-26-18-13-22(34-24(18)25(28)31)16-6-2-1-3-7-16/h1-11,13,15,19H,12,14H2. The van der Waals surface area contributed by atoms with Gasteiger partial charge < -0.3 is 4.42 Å². The molecule has 0 N–H and O–H groups in total. The van der Waals surface area contributed by atoms with Crippen LogP contribution in [0.2, 0.25) is 0 Å². The summed E-state index contributed by atoms with van der Waals surface area (Å²) < 4.78 is 7.48. The summed E-state index contributed by atoms with van der Waals surface area (Å²) in [5, 5.41) is 8.04. The fourth-order valence-corrected chi connectivity index (χ4v) is 5.84. The first-order valence-corrected chi connectivity index (χ1v) is 12.4. The van der Waals surface area contributed by atoms with Gasteiger partial charge in [0.25, 0.3) is 11.5 Å². The molecule has 1 amide bonds. The number of fused-ring (bicyclic) bond motifs is 1. The second kappa shape index (κ2) is 8.51. The minimum Gasteiger partial charge on any atom is -0.467 e. The number of thiophene rings is 2. The van der Waals surface area contributed by atoms with Crippen molar-refractivity contribution in [2.75, 3.05) is 0 Å². The predicted octanol–water partition coefficient (Wildman–Crippen LogP) is 5.16. The van der Waals surface area contributed by atoms with Crippen LogP contribution in [0.4, 0.5) is 0 Å². The molecule has 0 fully saturated rings. The molecule has 34 heavy (non-hydrogen) atoms. The summed E-state index contributed by atoms with van der Waals surface area (Å²) >= 11 is 2.96. The van der Waals surface area contributed by atoms with E-state index in [-0.39, 0.29) is 24.1 Å². The van der Waals surface area contributed by atoms with E-state index < -0.39 is 0 Å². The summed E-state index contributed by atoms with van der Waals surface area (Å²) in [5.74, 6) is 0.367. The molecule has 1 atom stereocenters. The number of amides is 1. The lowest BCUT2D eigenvalue weighted by Crippen LogP contribution is -2.33. The number of hydrazone groups is 1. The number of carbonyl (C=O) groups excluding carboxylic acids is 1. The Morgan fingerprint density at radius 2 is 1.97 bits per heavy atom. The lowest BCUT2D eigenvalue weighted by molar-refractivity contribution is -0.134. The second-order valence-corrected chi connectivity index (χ2v) is 9.87. The van der Waals surface area contributed by atoms with Crippen LogP contribution < -0.4 is 5.56 Å². The number of rotatable bonds is 5. The maximum atomic E-state index is 13.3. The van der Waals surface area contributed by atoms with E-state index in [0.29, 0.717) is 22.4 Å². The summed E-state index contributed by atoms with van der Waals surface area (Å²) in [5.41, 5.74) is 2.25. The van der Waals surface area contributed by atoms with Crippen LogP contribution in [0, 0.1) is 0 Å². The Labute approximate surface area is 202 Å². The number of carbonyl (C=O) groups is 1. The van der Waals surface area contributed by atoms with Crippen LogP contribution in [0.15, 0.2) is 92.9 Å². The van der Waals surface area contributed by atoms with Gasteiger partial charge in [0, 0.05) is 11.3 Å². The molecule has 6 rings (SSSR count). The van der Waals surface area contributed by atoms with Crippen molar-refractivity contribution in [2.45, 2.75) is 19.0 Å². The van der Waals surface area contributed by atoms with Crippen LogP contribution in [0.3, 0.4) is 0 Å². The average Bonchev–Trinajstić information content (AvgIpc) is 3.67. The molecule has 1 unspecified atom stereocenters. The third-order valence-corrected chi connectivity index (χ3v) is 7.79. The molecule has 5 heterocycles. The largest absolute Gasteiger partial charge is 0.467 e. The smallest absolute Gasteiger partial charge is 0.271 e. The first-order valence-electron chi connectivity index (χ1n) is 10.7. The highest BCUT2D eigenvalue weighted by atomic mass is 32.1. The zero-order chi connectivity index (χ0) is 23.1. The lowest BCUT2D eigenvalue weighted by Gasteiger charge is -2.20. The van der Waals surface area contributed by atoms with Gasteiger partial charge in [0.1, 0.15) is 23.0 Å². The van der Waals surface area contributed by atoms with Gasteiger partial charge >= 0.3 is 0 Å². The van der Waals surface area contributed by atoms with E-state index in [1.165, 1.54) is 27.2 Å². The van der Waals surface area contributed by atoms with E-state index in [1.807, 2.05) is 60.0 Å². The molecule has 9 heteroatoms. The van der Waals surface area contributed by atoms with Gasteiger partial charge in [-0.25, -0.2) is 9.99 Å². The molecule has 1 aliphatic rings. The van der Waals surface area contributed by atoms with Gasteiger partial charge in [-0.05, 0) is 35.2 Å². The first kappa shape index (κ1) is 20.8. The maximum Gasteiger partial charge on any atom is 0.271 e. The van der Waals surface area contributed by atoms with Crippen LogP contribution >= 0.6 is 22.7 Å². The lowest BCUT2D eigenvalue weighted by atomic mass is 10.1. The number of aromatic nitrogens is 2. The van der Waals surface area contributed by atoms with Crippen LogP contribution in [0.5, 0.6) is 0 Å². The summed E-state index contributed by atoms with van der Waals surface area (Å²) in [6, 6.07) is 19.0. The Morgan fingerprint density at radius 3 is 2.74 bits per heavy atom. The Hall–Kier alpha value is -3.82. The van der Waals surface area contributed by atoms with Crippen molar-refractivity contribution in [1.82, 2.24) is 14.6 Å². The molecule has 0 aliphatic carbocycles. The van der Waals surface area contributed by atoms with Crippen LogP contribution in [0.1, 0.15) is 23.1 Å². The van der Waals surface area contributed by atoms with Crippen molar-refractivity contribution < 1.29 is 9.21 Å². The summed E-state index contributed by atoms with van der Waals surface area (Å²) in [4.78, 5) is 33.0. The maximum absolute atomic E-state index is 13.3. The quantitative estimate of drug-likeness (QED) is 0.344. The predicted molar refractivity (Wildman–Crippen MR) is 133 cm³/mol. The Morgan fingerprint density at radius 1 is 1.09 bits per heavy atom. The summed E-state index contributed by atoms with van der Waals surface area (Å²) in [7, 11) is 0. The molecular weight excluding hydrogens is 468 g/mol. The molecule has 168 valence electrons. The minimum atomic E-state index is -0.349. The van der Waals surface area contributed by atoms with Gasteiger partial charge in [-0.15, -0.1) is 22.7 Å². The molecule has 1 aromatic carbocycles. The molecule has 7 nitrogen and oxygen atoms in total. The SMILES string of the molecule is O=C(Cn1cnc2cc(-c3ccccc3)sc2c1=O)N1N=C(c2cccs2)CC1c1ccco1. The Kier molecular flexibility index (Phi) is 5.20. The van der Waals surface area contributed by atoms with Crippen molar-refractivity contribution in [1.29, 1.82) is 0 Å². The van der Waals surface area contributed by atoms with E-state index >= 15 is 0 Å². The molecule has 0 radical (unpaired) electrons. The van der Waals surface area contributed by atoms with Crippen molar-refractivity contribution in [3.05, 3.63) is 99.6 Å². The van der Waals surface area contributed by atoms with Gasteiger partial charge in [0.15, 0.2) is 0 Å². The van der Waals surface area contributed by atoms with Gasteiger partial charge in [0.05, 0.1) is 28.7 Å². The van der Waals surface area contributed by atoms with Gasteiger partial charge in [0.2, 0.25) is 0 Å². The topological polar surface area (TPSA) is 80.7 Å². The van der Waals surface area contributed by atoms with Gasteiger partial charge in [-0.3, -0.25) is 14.2 Å². The van der Waals surface area contributed by atoms with E-state index in [4.69, 9.17) is 4.42 Å². The third kappa shape index (κ3) is 3.68. The minimum absolute atomic E-state index is 0.154. The Bertz CT molecular complexity index is 1550. The zero-order valence-electron chi connectivity index (χ0n) is 17.8. The summed E-state index contributed by atoms with van der Waals surface area (Å²) in [6.45, 7) is -0.154.